The van der Waals surface area contributed by atoms with Gasteiger partial charge in [0.1, 0.15) is 5.82 Å². The fourth-order valence-corrected chi connectivity index (χ4v) is 1.92. The van der Waals surface area contributed by atoms with Crippen molar-refractivity contribution in [3.8, 4) is 0 Å². The SMILES string of the molecule is Cn1cc(CCNC(=O)Nc2ccc(F)c(C(F)(F)F)c2)cn1. The topological polar surface area (TPSA) is 59.0 Å². The maximum atomic E-state index is 13.1. The number of aromatic nitrogens is 2. The first kappa shape index (κ1) is 16.8. The third-order valence-electron chi connectivity index (χ3n) is 2.99. The van der Waals surface area contributed by atoms with Crippen molar-refractivity contribution in [1.29, 1.82) is 0 Å². The van der Waals surface area contributed by atoms with Gasteiger partial charge in [-0.05, 0) is 30.2 Å². The Bertz CT molecular complexity index is 696. The van der Waals surface area contributed by atoms with Gasteiger partial charge in [-0.25, -0.2) is 9.18 Å². The third kappa shape index (κ3) is 4.70. The van der Waals surface area contributed by atoms with Crippen molar-refractivity contribution in [3.63, 3.8) is 0 Å². The maximum absolute atomic E-state index is 13.1. The molecule has 0 fully saturated rings. The Hall–Kier alpha value is -2.58. The molecule has 0 bridgehead atoms. The second-order valence-electron chi connectivity index (χ2n) is 4.85. The molecule has 0 saturated carbocycles. The van der Waals surface area contributed by atoms with Crippen molar-refractivity contribution in [2.45, 2.75) is 12.6 Å². The summed E-state index contributed by atoms with van der Waals surface area (Å²) in [5.74, 6) is -1.39. The van der Waals surface area contributed by atoms with E-state index in [9.17, 15) is 22.4 Å². The lowest BCUT2D eigenvalue weighted by atomic mass is 10.2. The molecule has 0 unspecified atom stereocenters. The Morgan fingerprint density at radius 1 is 1.35 bits per heavy atom. The molecule has 0 radical (unpaired) electrons. The zero-order valence-electron chi connectivity index (χ0n) is 12.1. The van der Waals surface area contributed by atoms with Crippen LogP contribution >= 0.6 is 0 Å². The lowest BCUT2D eigenvalue weighted by Gasteiger charge is -2.11. The number of amides is 2. The van der Waals surface area contributed by atoms with Crippen LogP contribution in [0.15, 0.2) is 30.6 Å². The van der Waals surface area contributed by atoms with Gasteiger partial charge in [0.05, 0.1) is 11.8 Å². The molecule has 2 aromatic rings. The van der Waals surface area contributed by atoms with E-state index in [4.69, 9.17) is 0 Å². The molecule has 0 aliphatic rings. The van der Waals surface area contributed by atoms with Crippen LogP contribution in [0.4, 0.5) is 28.0 Å². The van der Waals surface area contributed by atoms with Crippen LogP contribution in [0.2, 0.25) is 0 Å². The summed E-state index contributed by atoms with van der Waals surface area (Å²) >= 11 is 0. The number of alkyl halides is 3. The number of anilines is 1. The average molecular weight is 330 g/mol. The molecular formula is C14H14F4N4O. The molecule has 2 amide bonds. The highest BCUT2D eigenvalue weighted by Gasteiger charge is 2.34. The standard InChI is InChI=1S/C14H14F4N4O/c1-22-8-9(7-20-22)4-5-19-13(23)21-10-2-3-12(15)11(6-10)14(16,17)18/h2-3,6-8H,4-5H2,1H3,(H2,19,21,23). The minimum Gasteiger partial charge on any atom is -0.338 e. The Morgan fingerprint density at radius 2 is 2.09 bits per heavy atom. The van der Waals surface area contributed by atoms with Gasteiger partial charge in [-0.1, -0.05) is 0 Å². The van der Waals surface area contributed by atoms with Gasteiger partial charge >= 0.3 is 12.2 Å². The summed E-state index contributed by atoms with van der Waals surface area (Å²) in [5.41, 5.74) is -0.655. The molecule has 0 spiro atoms. The minimum absolute atomic E-state index is 0.141. The van der Waals surface area contributed by atoms with Crippen molar-refractivity contribution < 1.29 is 22.4 Å². The second-order valence-corrected chi connectivity index (χ2v) is 4.85. The Labute approximate surface area is 129 Å². The third-order valence-corrected chi connectivity index (χ3v) is 2.99. The van der Waals surface area contributed by atoms with E-state index in [0.717, 1.165) is 11.6 Å². The molecule has 0 saturated heterocycles. The molecule has 0 aliphatic heterocycles. The zero-order valence-corrected chi connectivity index (χ0v) is 12.1. The summed E-state index contributed by atoms with van der Waals surface area (Å²) in [6, 6.07) is 1.60. The highest BCUT2D eigenvalue weighted by Crippen LogP contribution is 2.32. The van der Waals surface area contributed by atoms with Crippen LogP contribution in [0.3, 0.4) is 0 Å². The lowest BCUT2D eigenvalue weighted by Crippen LogP contribution is -2.30. The number of hydrogen-bond acceptors (Lipinski definition) is 2. The quantitative estimate of drug-likeness (QED) is 0.847. The van der Waals surface area contributed by atoms with E-state index in [2.05, 4.69) is 15.7 Å². The summed E-state index contributed by atoms with van der Waals surface area (Å²) in [6.07, 6.45) is -0.860. The Morgan fingerprint density at radius 3 is 2.70 bits per heavy atom. The van der Waals surface area contributed by atoms with Crippen LogP contribution in [0.25, 0.3) is 0 Å². The van der Waals surface area contributed by atoms with E-state index in [0.29, 0.717) is 18.6 Å². The number of carbonyl (C=O) groups excluding carboxylic acids is 1. The number of carbonyl (C=O) groups is 1. The van der Waals surface area contributed by atoms with Gasteiger partial charge in [0.2, 0.25) is 0 Å². The number of hydrogen-bond donors (Lipinski definition) is 2. The first-order valence-corrected chi connectivity index (χ1v) is 6.65. The second kappa shape index (κ2) is 6.67. The van der Waals surface area contributed by atoms with E-state index in [1.165, 1.54) is 0 Å². The fraction of sp³-hybridized carbons (Fsp3) is 0.286. The summed E-state index contributed by atoms with van der Waals surface area (Å²) in [5, 5.41) is 8.70. The minimum atomic E-state index is -4.82. The van der Waals surface area contributed by atoms with Crippen LogP contribution in [0, 0.1) is 5.82 Å². The van der Waals surface area contributed by atoms with Gasteiger partial charge in [0, 0.05) is 25.5 Å². The highest BCUT2D eigenvalue weighted by molar-refractivity contribution is 5.89. The molecule has 0 aliphatic carbocycles. The number of rotatable bonds is 4. The smallest absolute Gasteiger partial charge is 0.338 e. The number of halogens is 4. The van der Waals surface area contributed by atoms with E-state index in [1.807, 2.05) is 0 Å². The zero-order chi connectivity index (χ0) is 17.0. The fourth-order valence-electron chi connectivity index (χ4n) is 1.92. The summed E-state index contributed by atoms with van der Waals surface area (Å²) in [4.78, 5) is 11.6. The van der Waals surface area contributed by atoms with Gasteiger partial charge in [0.25, 0.3) is 0 Å². The van der Waals surface area contributed by atoms with Gasteiger partial charge in [-0.2, -0.15) is 18.3 Å². The molecule has 2 rings (SSSR count). The first-order valence-electron chi connectivity index (χ1n) is 6.65. The first-order chi connectivity index (χ1) is 10.8. The van der Waals surface area contributed by atoms with Crippen molar-refractivity contribution in [3.05, 3.63) is 47.5 Å². The number of nitrogens with one attached hydrogen (secondary N) is 2. The van der Waals surface area contributed by atoms with E-state index in [1.54, 1.807) is 24.1 Å². The van der Waals surface area contributed by atoms with E-state index < -0.39 is 23.6 Å². The van der Waals surface area contributed by atoms with Crippen molar-refractivity contribution in [1.82, 2.24) is 15.1 Å². The normalized spacial score (nSPS) is 11.3. The summed E-state index contributed by atoms with van der Waals surface area (Å²) < 4.78 is 52.5. The molecule has 5 nitrogen and oxygen atoms in total. The van der Waals surface area contributed by atoms with Crippen LogP contribution in [0.1, 0.15) is 11.1 Å². The van der Waals surface area contributed by atoms with Crippen LogP contribution in [0.5, 0.6) is 0 Å². The molecular weight excluding hydrogens is 316 g/mol. The average Bonchev–Trinajstić information content (AvgIpc) is 2.85. The summed E-state index contributed by atoms with van der Waals surface area (Å²) in [7, 11) is 1.76. The van der Waals surface area contributed by atoms with Gasteiger partial charge in [0.15, 0.2) is 0 Å². The molecule has 1 aromatic heterocycles. The van der Waals surface area contributed by atoms with E-state index >= 15 is 0 Å². The molecule has 23 heavy (non-hydrogen) atoms. The van der Waals surface area contributed by atoms with Crippen LogP contribution in [-0.4, -0.2) is 22.4 Å². The lowest BCUT2D eigenvalue weighted by molar-refractivity contribution is -0.139. The Balaban J connectivity index is 1.90. The maximum Gasteiger partial charge on any atom is 0.419 e. The van der Waals surface area contributed by atoms with E-state index in [-0.39, 0.29) is 12.2 Å². The number of nitrogens with zero attached hydrogens (tertiary/aromatic N) is 2. The number of aryl methyl sites for hydroxylation is 1. The van der Waals surface area contributed by atoms with Crippen LogP contribution < -0.4 is 10.6 Å². The monoisotopic (exact) mass is 330 g/mol. The molecule has 124 valence electrons. The molecule has 2 N–H and O–H groups in total. The molecule has 9 heteroatoms. The van der Waals surface area contributed by atoms with Crippen molar-refractivity contribution >= 4 is 11.7 Å². The molecule has 0 atom stereocenters. The summed E-state index contributed by atoms with van der Waals surface area (Å²) in [6.45, 7) is 0.283. The number of benzene rings is 1. The van der Waals surface area contributed by atoms with Crippen molar-refractivity contribution in [2.24, 2.45) is 7.05 Å². The van der Waals surface area contributed by atoms with Crippen molar-refractivity contribution in [2.75, 3.05) is 11.9 Å². The van der Waals surface area contributed by atoms with Gasteiger partial charge in [-0.15, -0.1) is 0 Å². The predicted molar refractivity (Wildman–Crippen MR) is 75.3 cm³/mol. The van der Waals surface area contributed by atoms with Gasteiger partial charge < -0.3 is 10.6 Å². The predicted octanol–water partition coefficient (Wildman–Crippen LogP) is 2.94. The molecule has 1 aromatic carbocycles. The molecule has 1 heterocycles. The van der Waals surface area contributed by atoms with Gasteiger partial charge in [-0.3, -0.25) is 4.68 Å². The van der Waals surface area contributed by atoms with Crippen LogP contribution in [-0.2, 0) is 19.6 Å². The Kier molecular flexibility index (Phi) is 4.87. The number of urea groups is 1. The largest absolute Gasteiger partial charge is 0.419 e. The highest BCUT2D eigenvalue weighted by atomic mass is 19.4.